The Hall–Kier alpha value is -1.44. The number of carbonyl (C=O) groups excluding carboxylic acids is 2. The predicted octanol–water partition coefficient (Wildman–Crippen LogP) is 2.28. The molecule has 1 N–H and O–H groups in total. The number of halogens is 1. The molecule has 1 saturated heterocycles. The number of benzene rings is 1. The molecule has 0 unspecified atom stereocenters. The fraction of sp³-hybridized carbons (Fsp3) is 0.308. The SMILES string of the molecule is CC1CC(=O)N(c2ccc(I)cc2C(=O)O)C(=O)C1. The van der Waals surface area contributed by atoms with Gasteiger partial charge in [0.1, 0.15) is 0 Å². The van der Waals surface area contributed by atoms with E-state index in [9.17, 15) is 19.5 Å². The first-order valence-corrected chi connectivity index (χ1v) is 6.86. The number of carboxylic acid groups (broad SMARTS) is 1. The molecule has 1 aliphatic heterocycles. The molecule has 19 heavy (non-hydrogen) atoms. The standard InChI is InChI=1S/C13H12INO4/c1-7-4-11(16)15(12(17)5-7)10-3-2-8(14)6-9(10)13(18)19/h2-3,6-7H,4-5H2,1H3,(H,18,19). The van der Waals surface area contributed by atoms with Crippen molar-refractivity contribution in [1.82, 2.24) is 0 Å². The van der Waals surface area contributed by atoms with E-state index in [1.807, 2.05) is 29.5 Å². The minimum absolute atomic E-state index is 0.00776. The molecule has 5 nitrogen and oxygen atoms in total. The third kappa shape index (κ3) is 2.78. The lowest BCUT2D eigenvalue weighted by Gasteiger charge is -2.29. The monoisotopic (exact) mass is 373 g/mol. The van der Waals surface area contributed by atoms with Crippen molar-refractivity contribution in [2.24, 2.45) is 5.92 Å². The zero-order valence-corrected chi connectivity index (χ0v) is 12.4. The first-order valence-electron chi connectivity index (χ1n) is 5.78. The molecule has 0 saturated carbocycles. The number of rotatable bonds is 2. The number of anilines is 1. The molecule has 0 radical (unpaired) electrons. The van der Waals surface area contributed by atoms with Crippen LogP contribution in [0, 0.1) is 9.49 Å². The van der Waals surface area contributed by atoms with E-state index in [1.165, 1.54) is 12.1 Å². The number of imide groups is 1. The van der Waals surface area contributed by atoms with Crippen LogP contribution in [0.4, 0.5) is 5.69 Å². The molecule has 0 aliphatic carbocycles. The highest BCUT2D eigenvalue weighted by atomic mass is 127. The van der Waals surface area contributed by atoms with Crippen molar-refractivity contribution < 1.29 is 19.5 Å². The van der Waals surface area contributed by atoms with Crippen molar-refractivity contribution in [3.63, 3.8) is 0 Å². The van der Waals surface area contributed by atoms with Crippen LogP contribution in [0.2, 0.25) is 0 Å². The summed E-state index contributed by atoms with van der Waals surface area (Å²) >= 11 is 1.99. The summed E-state index contributed by atoms with van der Waals surface area (Å²) in [6.45, 7) is 1.83. The zero-order valence-electron chi connectivity index (χ0n) is 10.2. The van der Waals surface area contributed by atoms with Gasteiger partial charge in [0.2, 0.25) is 11.8 Å². The van der Waals surface area contributed by atoms with Gasteiger partial charge in [-0.15, -0.1) is 0 Å². The summed E-state index contributed by atoms with van der Waals surface area (Å²) in [6.07, 6.45) is 0.521. The molecular weight excluding hydrogens is 361 g/mol. The van der Waals surface area contributed by atoms with E-state index in [1.54, 1.807) is 6.07 Å². The second-order valence-electron chi connectivity index (χ2n) is 4.60. The Kier molecular flexibility index (Phi) is 3.88. The molecule has 1 aromatic rings. The summed E-state index contributed by atoms with van der Waals surface area (Å²) in [7, 11) is 0. The second-order valence-corrected chi connectivity index (χ2v) is 5.85. The van der Waals surface area contributed by atoms with Gasteiger partial charge in [0.25, 0.3) is 0 Å². The smallest absolute Gasteiger partial charge is 0.337 e. The Morgan fingerprint density at radius 1 is 1.32 bits per heavy atom. The minimum atomic E-state index is -1.15. The van der Waals surface area contributed by atoms with Crippen molar-refractivity contribution in [1.29, 1.82) is 0 Å². The van der Waals surface area contributed by atoms with Crippen LogP contribution in [0.5, 0.6) is 0 Å². The van der Waals surface area contributed by atoms with Gasteiger partial charge >= 0.3 is 5.97 Å². The lowest BCUT2D eigenvalue weighted by Crippen LogP contribution is -2.43. The lowest BCUT2D eigenvalue weighted by atomic mass is 9.96. The maximum absolute atomic E-state index is 12.0. The highest BCUT2D eigenvalue weighted by Gasteiger charge is 2.33. The molecule has 100 valence electrons. The van der Waals surface area contributed by atoms with Gasteiger partial charge in [0.15, 0.2) is 0 Å². The maximum atomic E-state index is 12.0. The van der Waals surface area contributed by atoms with Crippen molar-refractivity contribution in [3.05, 3.63) is 27.3 Å². The quantitative estimate of drug-likeness (QED) is 0.638. The third-order valence-electron chi connectivity index (χ3n) is 2.97. The molecule has 0 aromatic heterocycles. The fourth-order valence-corrected chi connectivity index (χ4v) is 2.62. The second kappa shape index (κ2) is 5.28. The van der Waals surface area contributed by atoms with Gasteiger partial charge in [-0.05, 0) is 46.7 Å². The first-order chi connectivity index (χ1) is 8.90. The van der Waals surface area contributed by atoms with Crippen molar-refractivity contribution >= 4 is 46.1 Å². The van der Waals surface area contributed by atoms with Crippen LogP contribution < -0.4 is 4.90 Å². The molecule has 6 heteroatoms. The van der Waals surface area contributed by atoms with Gasteiger partial charge in [-0.3, -0.25) is 9.59 Å². The number of piperidine rings is 1. The third-order valence-corrected chi connectivity index (χ3v) is 3.65. The minimum Gasteiger partial charge on any atom is -0.478 e. The zero-order chi connectivity index (χ0) is 14.2. The van der Waals surface area contributed by atoms with Gasteiger partial charge in [-0.1, -0.05) is 6.92 Å². The van der Waals surface area contributed by atoms with E-state index in [2.05, 4.69) is 0 Å². The number of amides is 2. The van der Waals surface area contributed by atoms with Crippen molar-refractivity contribution in [2.75, 3.05) is 4.90 Å². The summed E-state index contributed by atoms with van der Waals surface area (Å²) in [4.78, 5) is 36.2. The van der Waals surface area contributed by atoms with E-state index in [4.69, 9.17) is 0 Å². The summed E-state index contributed by atoms with van der Waals surface area (Å²) in [5.74, 6) is -1.82. The molecule has 1 aliphatic rings. The molecule has 2 amide bonds. The number of aromatic carboxylic acids is 1. The Morgan fingerprint density at radius 3 is 2.42 bits per heavy atom. The highest BCUT2D eigenvalue weighted by Crippen LogP contribution is 2.29. The molecule has 2 rings (SSSR count). The van der Waals surface area contributed by atoms with Gasteiger partial charge in [0.05, 0.1) is 11.3 Å². The van der Waals surface area contributed by atoms with E-state index >= 15 is 0 Å². The normalized spacial score (nSPS) is 16.8. The average Bonchev–Trinajstić information content (AvgIpc) is 2.29. The maximum Gasteiger partial charge on any atom is 0.337 e. The van der Waals surface area contributed by atoms with Crippen LogP contribution in [-0.2, 0) is 9.59 Å². The van der Waals surface area contributed by atoms with Crippen molar-refractivity contribution in [3.8, 4) is 0 Å². The summed E-state index contributed by atoms with van der Waals surface area (Å²) in [5.41, 5.74) is 0.137. The average molecular weight is 373 g/mol. The molecule has 1 heterocycles. The van der Waals surface area contributed by atoms with Gasteiger partial charge in [0, 0.05) is 16.4 Å². The molecule has 1 aromatic carbocycles. The molecule has 0 spiro atoms. The Balaban J connectivity index is 2.49. The highest BCUT2D eigenvalue weighted by molar-refractivity contribution is 14.1. The number of hydrogen-bond acceptors (Lipinski definition) is 3. The van der Waals surface area contributed by atoms with E-state index < -0.39 is 5.97 Å². The van der Waals surface area contributed by atoms with E-state index in [-0.39, 0.29) is 41.8 Å². The molecule has 0 bridgehead atoms. The Labute approximate surface area is 123 Å². The fourth-order valence-electron chi connectivity index (χ4n) is 2.13. The molecule has 1 fully saturated rings. The first kappa shape index (κ1) is 14.0. The van der Waals surface area contributed by atoms with Crippen LogP contribution in [-0.4, -0.2) is 22.9 Å². The summed E-state index contributed by atoms with van der Waals surface area (Å²) < 4.78 is 0.740. The van der Waals surface area contributed by atoms with E-state index in [0.29, 0.717) is 0 Å². The summed E-state index contributed by atoms with van der Waals surface area (Å²) in [5, 5.41) is 9.19. The number of nitrogens with zero attached hydrogens (tertiary/aromatic N) is 1. The van der Waals surface area contributed by atoms with Crippen LogP contribution >= 0.6 is 22.6 Å². The lowest BCUT2D eigenvalue weighted by molar-refractivity contribution is -0.130. The Morgan fingerprint density at radius 2 is 1.89 bits per heavy atom. The number of carbonyl (C=O) groups is 3. The Bertz CT molecular complexity index is 552. The van der Waals surface area contributed by atoms with Crippen molar-refractivity contribution in [2.45, 2.75) is 19.8 Å². The van der Waals surface area contributed by atoms with Gasteiger partial charge in [-0.25, -0.2) is 9.69 Å². The van der Waals surface area contributed by atoms with Crippen LogP contribution in [0.3, 0.4) is 0 Å². The van der Waals surface area contributed by atoms with Crippen LogP contribution in [0.1, 0.15) is 30.1 Å². The van der Waals surface area contributed by atoms with Gasteiger partial charge < -0.3 is 5.11 Å². The molecular formula is C13H12INO4. The molecule has 0 atom stereocenters. The van der Waals surface area contributed by atoms with Gasteiger partial charge in [-0.2, -0.15) is 0 Å². The van der Waals surface area contributed by atoms with Crippen LogP contribution in [0.15, 0.2) is 18.2 Å². The van der Waals surface area contributed by atoms with E-state index in [0.717, 1.165) is 8.47 Å². The van der Waals surface area contributed by atoms with Crippen LogP contribution in [0.25, 0.3) is 0 Å². The summed E-state index contributed by atoms with van der Waals surface area (Å²) in [6, 6.07) is 4.65. The predicted molar refractivity (Wildman–Crippen MR) is 77.0 cm³/mol. The topological polar surface area (TPSA) is 74.7 Å². The number of carboxylic acids is 1. The largest absolute Gasteiger partial charge is 0.478 e. The number of hydrogen-bond donors (Lipinski definition) is 1.